The molecule has 0 spiro atoms. The van der Waals surface area contributed by atoms with E-state index in [4.69, 9.17) is 23.7 Å². The van der Waals surface area contributed by atoms with E-state index in [-0.39, 0.29) is 24.3 Å². The molecule has 2 aliphatic heterocycles. The average Bonchev–Trinajstić information content (AvgIpc) is 3.73. The van der Waals surface area contributed by atoms with E-state index in [2.05, 4.69) is 12.1 Å². The van der Waals surface area contributed by atoms with Crippen LogP contribution in [0.25, 0.3) is 0 Å². The summed E-state index contributed by atoms with van der Waals surface area (Å²) in [5, 5.41) is 0. The second-order valence-electron chi connectivity index (χ2n) is 8.96. The molecule has 6 heteroatoms. The number of epoxide rings is 2. The highest BCUT2D eigenvalue weighted by Crippen LogP contribution is 2.35. The standard InChI is InChI=1S/C26H30O6/c1-17-12-20(6-11-25(17)31-16-24-15-30-24)26(27)32-22-9-4-19(5-10-22)18-2-7-21(8-3-18)28-13-23-14-29-23/h2-3,6-8,11-12,19,22-24H,4-5,9-10,13-16H2,1H3/t19-,22-,23?,24?. The Hall–Kier alpha value is -2.57. The monoisotopic (exact) mass is 438 g/mol. The van der Waals surface area contributed by atoms with Crippen LogP contribution in [0.5, 0.6) is 11.5 Å². The molecule has 32 heavy (non-hydrogen) atoms. The van der Waals surface area contributed by atoms with Crippen molar-refractivity contribution in [1.29, 1.82) is 0 Å². The Morgan fingerprint density at radius 3 is 2.19 bits per heavy atom. The second kappa shape index (κ2) is 9.51. The van der Waals surface area contributed by atoms with Crippen LogP contribution in [0.15, 0.2) is 42.5 Å². The lowest BCUT2D eigenvalue weighted by Gasteiger charge is -2.28. The molecule has 0 amide bonds. The minimum Gasteiger partial charge on any atom is -0.491 e. The zero-order valence-electron chi connectivity index (χ0n) is 18.5. The van der Waals surface area contributed by atoms with E-state index in [9.17, 15) is 4.79 Å². The Bertz CT molecular complexity index is 924. The highest BCUT2D eigenvalue weighted by atomic mass is 16.6. The topological polar surface area (TPSA) is 69.8 Å². The molecular weight excluding hydrogens is 408 g/mol. The molecule has 2 unspecified atom stereocenters. The second-order valence-corrected chi connectivity index (χ2v) is 8.96. The molecule has 6 nitrogen and oxygen atoms in total. The van der Waals surface area contributed by atoms with Crippen molar-refractivity contribution in [3.05, 3.63) is 59.2 Å². The third kappa shape index (κ3) is 5.61. The maximum absolute atomic E-state index is 12.6. The molecule has 0 bridgehead atoms. The smallest absolute Gasteiger partial charge is 0.338 e. The van der Waals surface area contributed by atoms with Crippen LogP contribution in [-0.2, 0) is 14.2 Å². The lowest BCUT2D eigenvalue weighted by molar-refractivity contribution is 0.0195. The van der Waals surface area contributed by atoms with Gasteiger partial charge >= 0.3 is 5.97 Å². The molecule has 5 rings (SSSR count). The molecule has 3 aliphatic rings. The summed E-state index contributed by atoms with van der Waals surface area (Å²) in [4.78, 5) is 12.6. The van der Waals surface area contributed by atoms with Crippen LogP contribution in [0.2, 0.25) is 0 Å². The van der Waals surface area contributed by atoms with Crippen molar-refractivity contribution in [1.82, 2.24) is 0 Å². The molecule has 2 saturated heterocycles. The zero-order chi connectivity index (χ0) is 21.9. The Morgan fingerprint density at radius 1 is 0.906 bits per heavy atom. The predicted octanol–water partition coefficient (Wildman–Crippen LogP) is 4.43. The van der Waals surface area contributed by atoms with Crippen LogP contribution in [-0.4, -0.2) is 50.7 Å². The summed E-state index contributed by atoms with van der Waals surface area (Å²) in [5.74, 6) is 1.92. The first-order chi connectivity index (χ1) is 15.6. The van der Waals surface area contributed by atoms with E-state index in [1.807, 2.05) is 31.2 Å². The Labute approximate surface area is 188 Å². The number of carbonyl (C=O) groups excluding carboxylic acids is 1. The quantitative estimate of drug-likeness (QED) is 0.426. The fraction of sp³-hybridized carbons (Fsp3) is 0.500. The highest BCUT2D eigenvalue weighted by molar-refractivity contribution is 5.90. The fourth-order valence-electron chi connectivity index (χ4n) is 4.21. The third-order valence-corrected chi connectivity index (χ3v) is 6.38. The van der Waals surface area contributed by atoms with E-state index in [1.165, 1.54) is 5.56 Å². The van der Waals surface area contributed by atoms with E-state index < -0.39 is 0 Å². The molecule has 2 aromatic rings. The molecule has 3 fully saturated rings. The van der Waals surface area contributed by atoms with Gasteiger partial charge in [0.25, 0.3) is 0 Å². The summed E-state index contributed by atoms with van der Waals surface area (Å²) >= 11 is 0. The van der Waals surface area contributed by atoms with Crippen molar-refractivity contribution < 1.29 is 28.5 Å². The summed E-state index contributed by atoms with van der Waals surface area (Å²) in [6, 6.07) is 13.9. The lowest BCUT2D eigenvalue weighted by atomic mass is 9.83. The van der Waals surface area contributed by atoms with Crippen molar-refractivity contribution in [2.24, 2.45) is 0 Å². The van der Waals surface area contributed by atoms with Gasteiger partial charge in [0.1, 0.15) is 43.0 Å². The number of hydrogen-bond donors (Lipinski definition) is 0. The van der Waals surface area contributed by atoms with E-state index >= 15 is 0 Å². The molecule has 0 aromatic heterocycles. The molecule has 2 aromatic carbocycles. The Balaban J connectivity index is 1.08. The van der Waals surface area contributed by atoms with Crippen molar-refractivity contribution in [2.45, 2.75) is 56.8 Å². The molecule has 0 N–H and O–H groups in total. The van der Waals surface area contributed by atoms with Crippen molar-refractivity contribution >= 4 is 5.97 Å². The van der Waals surface area contributed by atoms with Crippen LogP contribution in [0.3, 0.4) is 0 Å². The van der Waals surface area contributed by atoms with Gasteiger partial charge in [-0.05, 0) is 80.0 Å². The van der Waals surface area contributed by atoms with Crippen LogP contribution >= 0.6 is 0 Å². The predicted molar refractivity (Wildman–Crippen MR) is 119 cm³/mol. The summed E-state index contributed by atoms with van der Waals surface area (Å²) in [5.41, 5.74) is 2.83. The van der Waals surface area contributed by atoms with Gasteiger partial charge in [-0.15, -0.1) is 0 Å². The first-order valence-electron chi connectivity index (χ1n) is 11.5. The van der Waals surface area contributed by atoms with Crippen LogP contribution in [0, 0.1) is 6.92 Å². The van der Waals surface area contributed by atoms with Crippen LogP contribution in [0.4, 0.5) is 0 Å². The van der Waals surface area contributed by atoms with Gasteiger partial charge in [0, 0.05) is 0 Å². The minimum atomic E-state index is -0.255. The summed E-state index contributed by atoms with van der Waals surface area (Å²) in [6.07, 6.45) is 4.26. The molecule has 2 atom stereocenters. The lowest BCUT2D eigenvalue weighted by Crippen LogP contribution is -2.24. The van der Waals surface area contributed by atoms with Crippen LogP contribution < -0.4 is 9.47 Å². The summed E-state index contributed by atoms with van der Waals surface area (Å²) < 4.78 is 27.6. The van der Waals surface area contributed by atoms with Gasteiger partial charge in [-0.1, -0.05) is 12.1 Å². The molecule has 2 heterocycles. The van der Waals surface area contributed by atoms with Gasteiger partial charge in [-0.2, -0.15) is 0 Å². The summed E-state index contributed by atoms with van der Waals surface area (Å²) in [7, 11) is 0. The SMILES string of the molecule is Cc1cc(C(=O)O[C@H]2CC[C@H](c3ccc(OCC4CO4)cc3)CC2)ccc1OCC1CO1. The number of esters is 1. The fourth-order valence-corrected chi connectivity index (χ4v) is 4.21. The van der Waals surface area contributed by atoms with Gasteiger partial charge in [0.2, 0.25) is 0 Å². The van der Waals surface area contributed by atoms with E-state index in [0.717, 1.165) is 56.0 Å². The first kappa shape index (κ1) is 21.3. The first-order valence-corrected chi connectivity index (χ1v) is 11.5. The Morgan fingerprint density at radius 2 is 1.56 bits per heavy atom. The molecule has 1 aliphatic carbocycles. The molecule has 1 saturated carbocycles. The van der Waals surface area contributed by atoms with Gasteiger partial charge < -0.3 is 23.7 Å². The number of rotatable bonds is 9. The van der Waals surface area contributed by atoms with Gasteiger partial charge in [-0.25, -0.2) is 4.79 Å². The number of carbonyl (C=O) groups is 1. The average molecular weight is 439 g/mol. The highest BCUT2D eigenvalue weighted by Gasteiger charge is 2.27. The van der Waals surface area contributed by atoms with Gasteiger partial charge in [0.15, 0.2) is 0 Å². The molecular formula is C26H30O6. The maximum atomic E-state index is 12.6. The largest absolute Gasteiger partial charge is 0.491 e. The van der Waals surface area contributed by atoms with Crippen molar-refractivity contribution in [3.63, 3.8) is 0 Å². The number of hydrogen-bond acceptors (Lipinski definition) is 6. The van der Waals surface area contributed by atoms with Crippen molar-refractivity contribution in [2.75, 3.05) is 26.4 Å². The normalized spacial score (nSPS) is 26.3. The number of aryl methyl sites for hydroxylation is 1. The third-order valence-electron chi connectivity index (χ3n) is 6.38. The molecule has 170 valence electrons. The van der Waals surface area contributed by atoms with Gasteiger partial charge in [-0.3, -0.25) is 0 Å². The van der Waals surface area contributed by atoms with Crippen molar-refractivity contribution in [3.8, 4) is 11.5 Å². The minimum absolute atomic E-state index is 0.0249. The summed E-state index contributed by atoms with van der Waals surface area (Å²) in [6.45, 7) is 4.70. The molecule has 0 radical (unpaired) electrons. The van der Waals surface area contributed by atoms with Gasteiger partial charge in [0.05, 0.1) is 18.8 Å². The van der Waals surface area contributed by atoms with E-state index in [1.54, 1.807) is 6.07 Å². The maximum Gasteiger partial charge on any atom is 0.338 e. The number of ether oxygens (including phenoxy) is 5. The van der Waals surface area contributed by atoms with E-state index in [0.29, 0.717) is 24.7 Å². The Kier molecular flexibility index (Phi) is 6.32. The number of benzene rings is 2. The zero-order valence-corrected chi connectivity index (χ0v) is 18.5. The van der Waals surface area contributed by atoms with Crippen LogP contribution in [0.1, 0.15) is 53.1 Å².